The zero-order valence-electron chi connectivity index (χ0n) is 9.02. The molecule has 3 rings (SSSR count). The van der Waals surface area contributed by atoms with Crippen LogP contribution in [0, 0.1) is 11.8 Å². The molecule has 0 aromatic carbocycles. The van der Waals surface area contributed by atoms with Crippen molar-refractivity contribution >= 4 is 18.4 Å². The van der Waals surface area contributed by atoms with Crippen molar-refractivity contribution in [2.45, 2.75) is 32.1 Å². The third-order valence-corrected chi connectivity index (χ3v) is 3.64. The maximum absolute atomic E-state index is 10.5. The zero-order valence-corrected chi connectivity index (χ0v) is 9.84. The van der Waals surface area contributed by atoms with Crippen LogP contribution in [0.15, 0.2) is 0 Å². The molecule has 15 heavy (non-hydrogen) atoms. The van der Waals surface area contributed by atoms with Crippen LogP contribution in [0.3, 0.4) is 0 Å². The second kappa shape index (κ2) is 5.71. The molecule has 0 aromatic heterocycles. The summed E-state index contributed by atoms with van der Waals surface area (Å²) in [5.74, 6) is 1.03. The van der Waals surface area contributed by atoms with Gasteiger partial charge in [0.25, 0.3) is 0 Å². The number of aliphatic carboxylic acids is 1. The Hall–Kier alpha value is -0.280. The largest absolute Gasteiger partial charge is 0.481 e. The van der Waals surface area contributed by atoms with Gasteiger partial charge in [-0.3, -0.25) is 4.79 Å². The van der Waals surface area contributed by atoms with Gasteiger partial charge in [0.05, 0.1) is 6.42 Å². The molecule has 3 nitrogen and oxygen atoms in total. The first kappa shape index (κ1) is 12.8. The van der Waals surface area contributed by atoms with Crippen molar-refractivity contribution in [1.29, 1.82) is 0 Å². The van der Waals surface area contributed by atoms with Crippen LogP contribution in [0.1, 0.15) is 32.1 Å². The van der Waals surface area contributed by atoms with E-state index >= 15 is 0 Å². The van der Waals surface area contributed by atoms with E-state index in [1.807, 2.05) is 0 Å². The molecule has 0 amide bonds. The monoisotopic (exact) mass is 233 g/mol. The van der Waals surface area contributed by atoms with Crippen LogP contribution in [0.2, 0.25) is 0 Å². The maximum atomic E-state index is 10.5. The van der Waals surface area contributed by atoms with E-state index in [9.17, 15) is 4.79 Å². The number of rotatable bonds is 3. The van der Waals surface area contributed by atoms with Gasteiger partial charge in [0.15, 0.2) is 0 Å². The number of halogens is 1. The smallest absolute Gasteiger partial charge is 0.304 e. The van der Waals surface area contributed by atoms with Crippen LogP contribution in [0.4, 0.5) is 0 Å². The first-order chi connectivity index (χ1) is 6.74. The molecular formula is C11H20ClNO2. The van der Waals surface area contributed by atoms with E-state index in [4.69, 9.17) is 5.11 Å². The minimum atomic E-state index is -0.665. The summed E-state index contributed by atoms with van der Waals surface area (Å²) in [5.41, 5.74) is 0. The molecule has 0 radical (unpaired) electrons. The molecule has 3 aliphatic rings. The van der Waals surface area contributed by atoms with Crippen molar-refractivity contribution in [3.05, 3.63) is 0 Å². The SMILES string of the molecule is Cl.O=C(O)CCN1CC2CCC(CC2)C1. The fourth-order valence-electron chi connectivity index (χ4n) is 2.84. The van der Waals surface area contributed by atoms with Crippen LogP contribution < -0.4 is 0 Å². The second-order valence-corrected chi connectivity index (χ2v) is 4.79. The molecule has 1 aliphatic carbocycles. The number of hydrogen-bond acceptors (Lipinski definition) is 2. The van der Waals surface area contributed by atoms with Gasteiger partial charge in [0.1, 0.15) is 0 Å². The van der Waals surface area contributed by atoms with Gasteiger partial charge in [0, 0.05) is 19.6 Å². The number of carboxylic acid groups (broad SMARTS) is 1. The van der Waals surface area contributed by atoms with Crippen molar-refractivity contribution in [3.8, 4) is 0 Å². The molecule has 1 N–H and O–H groups in total. The Labute approximate surface area is 97.2 Å². The Kier molecular flexibility index (Phi) is 4.87. The van der Waals surface area contributed by atoms with Gasteiger partial charge in [-0.05, 0) is 37.5 Å². The van der Waals surface area contributed by atoms with Crippen LogP contribution in [0.25, 0.3) is 0 Å². The highest BCUT2D eigenvalue weighted by Gasteiger charge is 2.29. The Balaban J connectivity index is 0.00000112. The lowest BCUT2D eigenvalue weighted by Crippen LogP contribution is -2.30. The van der Waals surface area contributed by atoms with Crippen molar-refractivity contribution < 1.29 is 9.90 Å². The molecule has 1 saturated carbocycles. The molecule has 2 bridgehead atoms. The number of fused-ring (bicyclic) bond motifs is 4. The molecule has 0 aromatic rings. The van der Waals surface area contributed by atoms with Crippen LogP contribution in [0.5, 0.6) is 0 Å². The van der Waals surface area contributed by atoms with Gasteiger partial charge in [-0.15, -0.1) is 12.4 Å². The van der Waals surface area contributed by atoms with Crippen molar-refractivity contribution in [2.75, 3.05) is 19.6 Å². The average Bonchev–Trinajstić information content (AvgIpc) is 2.46. The molecule has 0 spiro atoms. The van der Waals surface area contributed by atoms with E-state index in [1.54, 1.807) is 0 Å². The molecule has 0 atom stereocenters. The normalized spacial score (nSPS) is 30.7. The Morgan fingerprint density at radius 2 is 1.60 bits per heavy atom. The lowest BCUT2D eigenvalue weighted by atomic mass is 9.84. The Morgan fingerprint density at radius 3 is 2.00 bits per heavy atom. The molecular weight excluding hydrogens is 214 g/mol. The van der Waals surface area contributed by atoms with E-state index in [-0.39, 0.29) is 12.4 Å². The van der Waals surface area contributed by atoms with Gasteiger partial charge in [-0.2, -0.15) is 0 Å². The molecule has 0 unspecified atom stereocenters. The van der Waals surface area contributed by atoms with Crippen LogP contribution in [-0.4, -0.2) is 35.6 Å². The summed E-state index contributed by atoms with van der Waals surface area (Å²) < 4.78 is 0. The van der Waals surface area contributed by atoms with Crippen molar-refractivity contribution in [1.82, 2.24) is 4.90 Å². The minimum Gasteiger partial charge on any atom is -0.481 e. The topological polar surface area (TPSA) is 40.5 Å². The molecule has 2 saturated heterocycles. The average molecular weight is 234 g/mol. The molecule has 2 aliphatic heterocycles. The van der Waals surface area contributed by atoms with Crippen LogP contribution >= 0.6 is 12.4 Å². The Morgan fingerprint density at radius 1 is 1.13 bits per heavy atom. The lowest BCUT2D eigenvalue weighted by Gasteiger charge is -2.21. The van der Waals surface area contributed by atoms with E-state index in [0.717, 1.165) is 31.5 Å². The number of carbonyl (C=O) groups is 1. The summed E-state index contributed by atoms with van der Waals surface area (Å²) in [4.78, 5) is 12.8. The molecule has 2 heterocycles. The van der Waals surface area contributed by atoms with Gasteiger partial charge in [0.2, 0.25) is 0 Å². The summed E-state index contributed by atoms with van der Waals surface area (Å²) in [6.45, 7) is 3.04. The van der Waals surface area contributed by atoms with Crippen molar-refractivity contribution in [2.24, 2.45) is 11.8 Å². The van der Waals surface area contributed by atoms with E-state index in [1.165, 1.54) is 25.7 Å². The minimum absolute atomic E-state index is 0. The Bertz CT molecular complexity index is 201. The van der Waals surface area contributed by atoms with Gasteiger partial charge in [-0.25, -0.2) is 0 Å². The first-order valence-corrected chi connectivity index (χ1v) is 5.68. The highest BCUT2D eigenvalue weighted by atomic mass is 35.5. The van der Waals surface area contributed by atoms with E-state index in [0.29, 0.717) is 6.42 Å². The van der Waals surface area contributed by atoms with Crippen LogP contribution in [-0.2, 0) is 4.79 Å². The highest BCUT2D eigenvalue weighted by Crippen LogP contribution is 2.33. The standard InChI is InChI=1S/C11H19NO2.ClH/c13-11(14)5-6-12-7-9-1-2-10(8-12)4-3-9;/h9-10H,1-8H2,(H,13,14);1H. The summed E-state index contributed by atoms with van der Waals surface area (Å²) >= 11 is 0. The number of nitrogens with zero attached hydrogens (tertiary/aromatic N) is 1. The molecule has 3 fully saturated rings. The third kappa shape index (κ3) is 3.65. The second-order valence-electron chi connectivity index (χ2n) is 4.79. The molecule has 88 valence electrons. The molecule has 4 heteroatoms. The summed E-state index contributed by atoms with van der Waals surface area (Å²) in [6.07, 6.45) is 5.78. The first-order valence-electron chi connectivity index (χ1n) is 5.68. The third-order valence-electron chi connectivity index (χ3n) is 3.64. The fraction of sp³-hybridized carbons (Fsp3) is 0.909. The van der Waals surface area contributed by atoms with Gasteiger partial charge < -0.3 is 10.0 Å². The summed E-state index contributed by atoms with van der Waals surface area (Å²) in [6, 6.07) is 0. The van der Waals surface area contributed by atoms with Crippen molar-refractivity contribution in [3.63, 3.8) is 0 Å². The summed E-state index contributed by atoms with van der Waals surface area (Å²) in [5, 5.41) is 8.64. The highest BCUT2D eigenvalue weighted by molar-refractivity contribution is 5.85. The van der Waals surface area contributed by atoms with E-state index < -0.39 is 5.97 Å². The zero-order chi connectivity index (χ0) is 9.97. The van der Waals surface area contributed by atoms with Gasteiger partial charge >= 0.3 is 5.97 Å². The predicted molar refractivity (Wildman–Crippen MR) is 61.4 cm³/mol. The quantitative estimate of drug-likeness (QED) is 0.811. The number of hydrogen-bond donors (Lipinski definition) is 1. The predicted octanol–water partition coefficient (Wildman–Crippen LogP) is 2.00. The lowest BCUT2D eigenvalue weighted by molar-refractivity contribution is -0.137. The van der Waals surface area contributed by atoms with Gasteiger partial charge in [-0.1, -0.05) is 0 Å². The fourth-order valence-corrected chi connectivity index (χ4v) is 2.84. The number of carboxylic acids is 1. The summed E-state index contributed by atoms with van der Waals surface area (Å²) in [7, 11) is 0. The maximum Gasteiger partial charge on any atom is 0.304 e. The van der Waals surface area contributed by atoms with E-state index in [2.05, 4.69) is 4.90 Å².